The molecule has 0 aliphatic rings. The van der Waals surface area contributed by atoms with Gasteiger partial charge in [-0.05, 0) is 0 Å². The van der Waals surface area contributed by atoms with Crippen LogP contribution in [0.15, 0.2) is 24.3 Å². The van der Waals surface area contributed by atoms with Gasteiger partial charge in [-0.1, -0.05) is 0 Å². The average Bonchev–Trinajstić information content (AvgIpc) is 2.34. The molecular weight excluding hydrogens is 193 g/mol. The van der Waals surface area contributed by atoms with E-state index in [4.69, 9.17) is 0 Å². The molecule has 1 heterocycles. The number of fused-ring (bicyclic) bond motifs is 1. The Morgan fingerprint density at radius 1 is 1.30 bits per heavy atom. The van der Waals surface area contributed by atoms with E-state index in [0.717, 1.165) is 9.65 Å². The first-order valence-electron chi connectivity index (χ1n) is 2.89. The molecule has 0 amide bonds. The first-order valence-corrected chi connectivity index (χ1v) is 4.51. The second-order valence-electron chi connectivity index (χ2n) is 1.98. The Bertz CT molecular complexity index is 355. The van der Waals surface area contributed by atoms with Crippen molar-refractivity contribution in [3.63, 3.8) is 0 Å². The topological polar surface area (TPSA) is 36.0 Å². The zero-order valence-electron chi connectivity index (χ0n) is 5.07. The molecule has 0 saturated carbocycles. The molecule has 2 aromatic rings. The van der Waals surface area contributed by atoms with Crippen LogP contribution in [0.3, 0.4) is 0 Å². The Hall–Kier alpha value is -0.791. The zero-order chi connectivity index (χ0) is 6.97. The molecule has 1 aromatic carbocycles. The summed E-state index contributed by atoms with van der Waals surface area (Å²) >= 11 is 0.0493. The third kappa shape index (κ3) is 0.753. The SMILES string of the molecule is [O-]c1n[se]c2ccccc12. The molecule has 2 rings (SSSR count). The number of hydrogen-bond donors (Lipinski definition) is 0. The van der Waals surface area contributed by atoms with Gasteiger partial charge in [0, 0.05) is 0 Å². The molecule has 0 atom stereocenters. The van der Waals surface area contributed by atoms with Crippen LogP contribution in [0.25, 0.3) is 9.65 Å². The molecule has 0 spiro atoms. The summed E-state index contributed by atoms with van der Waals surface area (Å²) in [7, 11) is 0. The maximum absolute atomic E-state index is 10.9. The van der Waals surface area contributed by atoms with E-state index in [2.05, 4.69) is 3.98 Å². The van der Waals surface area contributed by atoms with Gasteiger partial charge in [0.25, 0.3) is 0 Å². The molecule has 0 bridgehead atoms. The number of hydrogen-bond acceptors (Lipinski definition) is 2. The quantitative estimate of drug-likeness (QED) is 0.572. The van der Waals surface area contributed by atoms with Crippen LogP contribution < -0.4 is 5.11 Å². The van der Waals surface area contributed by atoms with Crippen molar-refractivity contribution in [2.45, 2.75) is 0 Å². The Balaban J connectivity index is 2.93. The van der Waals surface area contributed by atoms with Gasteiger partial charge in [0.1, 0.15) is 0 Å². The zero-order valence-corrected chi connectivity index (χ0v) is 6.79. The summed E-state index contributed by atoms with van der Waals surface area (Å²) in [6.45, 7) is 0. The Morgan fingerprint density at radius 3 is 2.90 bits per heavy atom. The van der Waals surface area contributed by atoms with E-state index in [1.54, 1.807) is 0 Å². The molecule has 50 valence electrons. The molecule has 10 heavy (non-hydrogen) atoms. The Labute approximate surface area is 64.1 Å². The van der Waals surface area contributed by atoms with Crippen molar-refractivity contribution in [2.24, 2.45) is 0 Å². The third-order valence-electron chi connectivity index (χ3n) is 1.34. The molecule has 0 radical (unpaired) electrons. The van der Waals surface area contributed by atoms with Crippen molar-refractivity contribution in [3.05, 3.63) is 24.3 Å². The summed E-state index contributed by atoms with van der Waals surface area (Å²) in [6, 6.07) is 7.60. The van der Waals surface area contributed by atoms with Crippen LogP contribution in [0.5, 0.6) is 5.88 Å². The van der Waals surface area contributed by atoms with Gasteiger partial charge >= 0.3 is 63.6 Å². The number of aromatic nitrogens is 1. The molecule has 0 saturated heterocycles. The van der Waals surface area contributed by atoms with Crippen LogP contribution >= 0.6 is 0 Å². The molecule has 0 fully saturated rings. The predicted molar refractivity (Wildman–Crippen MR) is 38.1 cm³/mol. The fraction of sp³-hybridized carbons (Fsp3) is 0. The Morgan fingerprint density at radius 2 is 2.10 bits per heavy atom. The summed E-state index contributed by atoms with van der Waals surface area (Å²) in [5, 5.41) is 11.7. The normalized spacial score (nSPS) is 10.4. The van der Waals surface area contributed by atoms with Gasteiger partial charge in [0.15, 0.2) is 0 Å². The van der Waals surface area contributed by atoms with Gasteiger partial charge in [-0.3, -0.25) is 0 Å². The van der Waals surface area contributed by atoms with Gasteiger partial charge in [-0.25, -0.2) is 0 Å². The van der Waals surface area contributed by atoms with E-state index >= 15 is 0 Å². The molecule has 0 aliphatic heterocycles. The summed E-state index contributed by atoms with van der Waals surface area (Å²) < 4.78 is 4.94. The van der Waals surface area contributed by atoms with E-state index in [1.165, 1.54) is 0 Å². The van der Waals surface area contributed by atoms with Crippen LogP contribution in [0, 0.1) is 0 Å². The van der Waals surface area contributed by atoms with Gasteiger partial charge < -0.3 is 0 Å². The number of rotatable bonds is 0. The van der Waals surface area contributed by atoms with Crippen LogP contribution in [0.1, 0.15) is 0 Å². The van der Waals surface area contributed by atoms with E-state index in [9.17, 15) is 5.11 Å². The fourth-order valence-electron chi connectivity index (χ4n) is 0.863. The van der Waals surface area contributed by atoms with E-state index < -0.39 is 0 Å². The minimum atomic E-state index is -0.0457. The van der Waals surface area contributed by atoms with Crippen molar-refractivity contribution < 1.29 is 5.11 Å². The fourth-order valence-corrected chi connectivity index (χ4v) is 2.27. The molecule has 2 nitrogen and oxygen atoms in total. The van der Waals surface area contributed by atoms with Crippen LogP contribution in [-0.4, -0.2) is 18.7 Å². The van der Waals surface area contributed by atoms with Gasteiger partial charge in [-0.15, -0.1) is 0 Å². The minimum absolute atomic E-state index is 0.0457. The average molecular weight is 197 g/mol. The number of benzene rings is 1. The third-order valence-corrected chi connectivity index (χ3v) is 3.04. The van der Waals surface area contributed by atoms with Crippen molar-refractivity contribution in [1.82, 2.24) is 3.98 Å². The van der Waals surface area contributed by atoms with E-state index in [0.29, 0.717) is 0 Å². The van der Waals surface area contributed by atoms with Crippen LogP contribution in [0.4, 0.5) is 0 Å². The summed E-state index contributed by atoms with van der Waals surface area (Å²) in [4.78, 5) is 0. The first kappa shape index (κ1) is 5.95. The van der Waals surface area contributed by atoms with Gasteiger partial charge in [0.05, 0.1) is 0 Å². The van der Waals surface area contributed by atoms with Gasteiger partial charge in [-0.2, -0.15) is 0 Å². The first-order chi connectivity index (χ1) is 4.88. The van der Waals surface area contributed by atoms with Crippen molar-refractivity contribution in [1.29, 1.82) is 0 Å². The van der Waals surface area contributed by atoms with Crippen LogP contribution in [-0.2, 0) is 0 Å². The Kier molecular flexibility index (Phi) is 1.26. The summed E-state index contributed by atoms with van der Waals surface area (Å²) in [5.41, 5.74) is 0. The van der Waals surface area contributed by atoms with Gasteiger partial charge in [0.2, 0.25) is 0 Å². The molecule has 1 aromatic heterocycles. The molecule has 0 unspecified atom stereocenters. The number of nitrogens with zero attached hydrogens (tertiary/aromatic N) is 1. The summed E-state index contributed by atoms with van der Waals surface area (Å²) in [5.74, 6) is -0.0457. The molecule has 0 N–H and O–H groups in total. The monoisotopic (exact) mass is 198 g/mol. The summed E-state index contributed by atoms with van der Waals surface area (Å²) in [6.07, 6.45) is 0. The van der Waals surface area contributed by atoms with E-state index in [1.807, 2.05) is 24.3 Å². The van der Waals surface area contributed by atoms with Crippen LogP contribution in [0.2, 0.25) is 0 Å². The van der Waals surface area contributed by atoms with E-state index in [-0.39, 0.29) is 20.6 Å². The van der Waals surface area contributed by atoms with Crippen molar-refractivity contribution in [3.8, 4) is 5.88 Å². The van der Waals surface area contributed by atoms with Crippen molar-refractivity contribution in [2.75, 3.05) is 0 Å². The predicted octanol–water partition coefficient (Wildman–Crippen LogP) is 0.365. The second kappa shape index (κ2) is 2.11. The van der Waals surface area contributed by atoms with Crippen molar-refractivity contribution >= 4 is 24.4 Å². The molecule has 3 heteroatoms. The maximum atomic E-state index is 10.9. The molecule has 0 aliphatic carbocycles. The standard InChI is InChI=1S/C7H5NOSe/c9-7-5-3-1-2-4-6(5)10-8-7/h1-4H,(H,8,9)/p-1. The molecular formula is C7H4NOSe-. The second-order valence-corrected chi connectivity index (χ2v) is 3.67.